The Balaban J connectivity index is 0. The number of phenols is 2. The number of benzene rings is 2. The van der Waals surface area contributed by atoms with Gasteiger partial charge in [-0.1, -0.05) is 70.5 Å². The van der Waals surface area contributed by atoms with Crippen molar-refractivity contribution >= 4 is 11.9 Å². The highest BCUT2D eigenvalue weighted by Gasteiger charge is 1.97. The number of rotatable bonds is 2. The van der Waals surface area contributed by atoms with Crippen LogP contribution in [-0.4, -0.2) is 31.7 Å². The van der Waals surface area contributed by atoms with E-state index >= 15 is 0 Å². The summed E-state index contributed by atoms with van der Waals surface area (Å²) in [5.41, 5.74) is 7.23. The number of aromatic nitrogens is 3. The fourth-order valence-corrected chi connectivity index (χ4v) is 1.87. The van der Waals surface area contributed by atoms with Gasteiger partial charge in [-0.05, 0) is 51.0 Å². The van der Waals surface area contributed by atoms with E-state index in [1.54, 1.807) is 19.1 Å². The summed E-state index contributed by atoms with van der Waals surface area (Å²) in [5.74, 6) is 2.17. The third-order valence-electron chi connectivity index (χ3n) is 3.33. The molecule has 0 amide bonds. The number of phenolic OH excluding ortho intramolecular Hbond substituents is 2. The smallest absolute Gasteiger partial charge is 0.227 e. The maximum atomic E-state index is 8.92. The third-order valence-corrected chi connectivity index (χ3v) is 3.33. The Hall–Kier alpha value is -3.35. The zero-order chi connectivity index (χ0) is 24.9. The van der Waals surface area contributed by atoms with Crippen LogP contribution in [0.5, 0.6) is 11.5 Å². The van der Waals surface area contributed by atoms with Crippen molar-refractivity contribution in [3.05, 3.63) is 65.5 Å². The lowest BCUT2D eigenvalue weighted by molar-refractivity contribution is 0.470. The van der Waals surface area contributed by atoms with Crippen molar-refractivity contribution < 1.29 is 10.2 Å². The number of nitrogens with zero attached hydrogens (tertiary/aromatic N) is 3. The third kappa shape index (κ3) is 15.5. The van der Waals surface area contributed by atoms with Crippen molar-refractivity contribution in [2.24, 2.45) is 0 Å². The van der Waals surface area contributed by atoms with Gasteiger partial charge < -0.3 is 21.3 Å². The molecule has 0 bridgehead atoms. The minimum Gasteiger partial charge on any atom is -0.508 e. The Bertz CT molecular complexity index is 751. The second-order valence-electron chi connectivity index (χ2n) is 6.37. The minimum absolute atomic E-state index is 0.258. The lowest BCUT2D eigenvalue weighted by Gasteiger charge is -2.01. The van der Waals surface area contributed by atoms with Gasteiger partial charge in [-0.25, -0.2) is 0 Å². The van der Waals surface area contributed by atoms with Gasteiger partial charge in [0, 0.05) is 6.54 Å². The zero-order valence-electron chi connectivity index (χ0n) is 20.8. The average Bonchev–Trinajstić information content (AvgIpc) is 2.75. The largest absolute Gasteiger partial charge is 0.508 e. The SMILES string of the molecule is CC.CCC.CCNc1nc(C)nc(N)n1.Cc1ccccc1O.Cc1ccccc1O. The summed E-state index contributed by atoms with van der Waals surface area (Å²) in [4.78, 5) is 11.7. The molecule has 0 radical (unpaired) electrons. The topological polar surface area (TPSA) is 117 Å². The van der Waals surface area contributed by atoms with E-state index in [0.717, 1.165) is 17.7 Å². The van der Waals surface area contributed by atoms with E-state index in [1.165, 1.54) is 6.42 Å². The number of hydrogen-bond donors (Lipinski definition) is 4. The zero-order valence-corrected chi connectivity index (χ0v) is 20.8. The summed E-state index contributed by atoms with van der Waals surface area (Å²) in [7, 11) is 0. The molecule has 1 aromatic heterocycles. The molecular weight excluding hydrogens is 402 g/mol. The highest BCUT2D eigenvalue weighted by atomic mass is 16.3. The minimum atomic E-state index is 0.258. The number of para-hydroxylation sites is 2. The van der Waals surface area contributed by atoms with Crippen LogP contribution in [0.25, 0.3) is 0 Å². The number of aromatic hydroxyl groups is 2. The molecule has 7 nitrogen and oxygen atoms in total. The highest BCUT2D eigenvalue weighted by molar-refractivity contribution is 5.31. The van der Waals surface area contributed by atoms with Crippen LogP contribution in [0.4, 0.5) is 11.9 Å². The van der Waals surface area contributed by atoms with Gasteiger partial charge in [-0.3, -0.25) is 0 Å². The van der Waals surface area contributed by atoms with Crippen molar-refractivity contribution in [1.82, 2.24) is 15.0 Å². The van der Waals surface area contributed by atoms with Gasteiger partial charge in [0.25, 0.3) is 0 Å². The molecule has 3 aromatic rings. The Labute approximate surface area is 193 Å². The van der Waals surface area contributed by atoms with Crippen molar-refractivity contribution in [3.8, 4) is 11.5 Å². The van der Waals surface area contributed by atoms with Gasteiger partial charge in [0.2, 0.25) is 11.9 Å². The first-order chi connectivity index (χ1) is 15.2. The van der Waals surface area contributed by atoms with Crippen LogP contribution in [0.3, 0.4) is 0 Å². The van der Waals surface area contributed by atoms with Gasteiger partial charge in [0.15, 0.2) is 0 Å². The Morgan fingerprint density at radius 2 is 1.16 bits per heavy atom. The van der Waals surface area contributed by atoms with Gasteiger partial charge in [0.05, 0.1) is 0 Å². The predicted molar refractivity (Wildman–Crippen MR) is 136 cm³/mol. The summed E-state index contributed by atoms with van der Waals surface area (Å²) < 4.78 is 0. The van der Waals surface area contributed by atoms with Crippen molar-refractivity contribution in [2.45, 2.75) is 61.8 Å². The average molecular weight is 444 g/mol. The van der Waals surface area contributed by atoms with E-state index in [0.29, 0.717) is 23.3 Å². The van der Waals surface area contributed by atoms with E-state index < -0.39 is 0 Å². The van der Waals surface area contributed by atoms with Crippen LogP contribution < -0.4 is 11.1 Å². The molecule has 7 heteroatoms. The van der Waals surface area contributed by atoms with Crippen molar-refractivity contribution in [2.75, 3.05) is 17.6 Å². The van der Waals surface area contributed by atoms with E-state index in [1.807, 2.05) is 71.0 Å². The van der Waals surface area contributed by atoms with Crippen LogP contribution in [0, 0.1) is 20.8 Å². The maximum Gasteiger partial charge on any atom is 0.227 e. The quantitative estimate of drug-likeness (QED) is 0.381. The van der Waals surface area contributed by atoms with E-state index in [4.69, 9.17) is 15.9 Å². The van der Waals surface area contributed by atoms with Crippen LogP contribution in [-0.2, 0) is 0 Å². The number of anilines is 2. The Kier molecular flexibility index (Phi) is 18.9. The number of aryl methyl sites for hydroxylation is 3. The van der Waals surface area contributed by atoms with Crippen molar-refractivity contribution in [3.63, 3.8) is 0 Å². The van der Waals surface area contributed by atoms with Gasteiger partial charge in [-0.15, -0.1) is 0 Å². The fraction of sp³-hybridized carbons (Fsp3) is 0.400. The van der Waals surface area contributed by atoms with Gasteiger partial charge >= 0.3 is 0 Å². The molecule has 0 unspecified atom stereocenters. The van der Waals surface area contributed by atoms with Crippen LogP contribution >= 0.6 is 0 Å². The fourth-order valence-electron chi connectivity index (χ4n) is 1.87. The molecule has 2 aromatic carbocycles. The van der Waals surface area contributed by atoms with Gasteiger partial charge in [0.1, 0.15) is 17.3 Å². The highest BCUT2D eigenvalue weighted by Crippen LogP contribution is 2.13. The molecule has 0 aliphatic rings. The summed E-state index contributed by atoms with van der Waals surface area (Å²) >= 11 is 0. The lowest BCUT2D eigenvalue weighted by Crippen LogP contribution is -2.07. The molecule has 0 saturated carbocycles. The Morgan fingerprint density at radius 3 is 1.44 bits per heavy atom. The number of nitrogens with one attached hydrogen (secondary N) is 1. The van der Waals surface area contributed by atoms with Crippen LogP contribution in [0.2, 0.25) is 0 Å². The number of hydrogen-bond acceptors (Lipinski definition) is 7. The maximum absolute atomic E-state index is 8.92. The second-order valence-corrected chi connectivity index (χ2v) is 6.37. The van der Waals surface area contributed by atoms with Crippen LogP contribution in [0.15, 0.2) is 48.5 Å². The number of nitrogens with two attached hydrogens (primary N) is 1. The van der Waals surface area contributed by atoms with Crippen LogP contribution in [0.1, 0.15) is 58.0 Å². The molecule has 5 N–H and O–H groups in total. The van der Waals surface area contributed by atoms with Crippen molar-refractivity contribution in [1.29, 1.82) is 0 Å². The number of nitrogen functional groups attached to an aromatic ring is 1. The molecule has 0 atom stereocenters. The summed E-state index contributed by atoms with van der Waals surface area (Å²) in [5, 5.41) is 20.8. The molecule has 0 fully saturated rings. The molecule has 0 aliphatic carbocycles. The first kappa shape index (κ1) is 30.8. The normalized spacial score (nSPS) is 8.62. The standard InChI is InChI=1S/2C7H8O.C6H11N5.C3H8.C2H6/c2*1-6-4-2-3-5-7(6)8;1-3-8-6-10-4(2)9-5(7)11-6;1-3-2;1-2/h2*2-5,8H,1H3;3H2,1-2H3,(H3,7,8,9,10,11);3H2,1-2H3;1-2H3. The summed E-state index contributed by atoms with van der Waals surface area (Å²) in [6.07, 6.45) is 1.25. The molecule has 0 spiro atoms. The molecular formula is C25H41N5O2. The predicted octanol–water partition coefficient (Wildman–Crippen LogP) is 6.04. The first-order valence-electron chi connectivity index (χ1n) is 11.0. The second kappa shape index (κ2) is 19.6. The van der Waals surface area contributed by atoms with E-state index in [9.17, 15) is 0 Å². The molecule has 32 heavy (non-hydrogen) atoms. The molecule has 178 valence electrons. The Morgan fingerprint density at radius 1 is 0.750 bits per heavy atom. The monoisotopic (exact) mass is 443 g/mol. The van der Waals surface area contributed by atoms with E-state index in [-0.39, 0.29) is 5.95 Å². The molecule has 1 heterocycles. The lowest BCUT2D eigenvalue weighted by atomic mass is 10.2. The summed E-state index contributed by atoms with van der Waals surface area (Å²) in [6.45, 7) is 16.5. The molecule has 0 aliphatic heterocycles. The summed E-state index contributed by atoms with van der Waals surface area (Å²) in [6, 6.07) is 14.5. The first-order valence-corrected chi connectivity index (χ1v) is 11.0. The van der Waals surface area contributed by atoms with Gasteiger partial charge in [-0.2, -0.15) is 15.0 Å². The molecule has 3 rings (SSSR count). The van der Waals surface area contributed by atoms with E-state index in [2.05, 4.69) is 34.1 Å². The molecule has 0 saturated heterocycles.